The van der Waals surface area contributed by atoms with E-state index < -0.39 is 0 Å². The first-order valence-electron chi connectivity index (χ1n) is 6.91. The number of rotatable bonds is 7. The van der Waals surface area contributed by atoms with Crippen molar-refractivity contribution in [2.75, 3.05) is 26.2 Å². The van der Waals surface area contributed by atoms with E-state index in [2.05, 4.69) is 15.7 Å². The number of piperidine rings is 1. The van der Waals surface area contributed by atoms with Crippen LogP contribution < -0.4 is 10.6 Å². The second kappa shape index (κ2) is 7.91. The maximum absolute atomic E-state index is 11.6. The minimum atomic E-state index is -0.00873. The molecule has 1 saturated heterocycles. The summed E-state index contributed by atoms with van der Waals surface area (Å²) in [6, 6.07) is 1.81. The van der Waals surface area contributed by atoms with Crippen LogP contribution in [0, 0.1) is 0 Å². The van der Waals surface area contributed by atoms with Gasteiger partial charge in [-0.25, -0.2) is 0 Å². The maximum atomic E-state index is 11.6. The minimum absolute atomic E-state index is 0.00873. The molecule has 6 heteroatoms. The second-order valence-electron chi connectivity index (χ2n) is 4.73. The van der Waals surface area contributed by atoms with E-state index in [1.54, 1.807) is 23.1 Å². The lowest BCUT2D eigenvalue weighted by Gasteiger charge is -2.22. The highest BCUT2D eigenvalue weighted by Crippen LogP contribution is 2.06. The lowest BCUT2D eigenvalue weighted by atomic mass is 10.1. The summed E-state index contributed by atoms with van der Waals surface area (Å²) in [7, 11) is 0. The highest BCUT2D eigenvalue weighted by atomic mass is 16.5. The van der Waals surface area contributed by atoms with Crippen molar-refractivity contribution in [1.29, 1.82) is 0 Å². The van der Waals surface area contributed by atoms with E-state index in [4.69, 9.17) is 4.74 Å². The van der Waals surface area contributed by atoms with Crippen LogP contribution in [0.3, 0.4) is 0 Å². The van der Waals surface area contributed by atoms with E-state index >= 15 is 0 Å². The molecular weight excluding hydrogens is 244 g/mol. The first kappa shape index (κ1) is 14.0. The van der Waals surface area contributed by atoms with E-state index in [0.717, 1.165) is 32.4 Å². The lowest BCUT2D eigenvalue weighted by Crippen LogP contribution is -2.33. The van der Waals surface area contributed by atoms with Gasteiger partial charge in [0.15, 0.2) is 0 Å². The first-order valence-corrected chi connectivity index (χ1v) is 6.91. The van der Waals surface area contributed by atoms with E-state index in [1.807, 2.05) is 0 Å². The number of carbonyl (C=O) groups is 1. The Kier molecular flexibility index (Phi) is 5.84. The van der Waals surface area contributed by atoms with Gasteiger partial charge in [-0.15, -0.1) is 0 Å². The zero-order chi connectivity index (χ0) is 13.3. The third-order valence-electron chi connectivity index (χ3n) is 3.15. The zero-order valence-electron chi connectivity index (χ0n) is 11.2. The Hall–Kier alpha value is -1.40. The van der Waals surface area contributed by atoms with Gasteiger partial charge in [-0.2, -0.15) is 5.10 Å². The summed E-state index contributed by atoms with van der Waals surface area (Å²) in [4.78, 5) is 11.6. The second-order valence-corrected chi connectivity index (χ2v) is 4.73. The molecule has 2 rings (SSSR count). The molecule has 2 heterocycles. The molecule has 106 valence electrons. The van der Waals surface area contributed by atoms with Gasteiger partial charge in [-0.3, -0.25) is 9.48 Å². The molecule has 0 aromatic carbocycles. The number of hydrogen-bond donors (Lipinski definition) is 2. The number of aromatic nitrogens is 2. The van der Waals surface area contributed by atoms with Crippen molar-refractivity contribution in [3.05, 3.63) is 18.5 Å². The molecule has 0 unspecified atom stereocenters. The quantitative estimate of drug-likeness (QED) is 0.690. The van der Waals surface area contributed by atoms with Crippen LogP contribution in [0.15, 0.2) is 18.5 Å². The van der Waals surface area contributed by atoms with Crippen molar-refractivity contribution >= 4 is 5.91 Å². The topological polar surface area (TPSA) is 68.2 Å². The molecule has 1 aliphatic rings. The molecular formula is C13H22N4O2. The average molecular weight is 266 g/mol. The number of nitrogens with one attached hydrogen (secondary N) is 2. The minimum Gasteiger partial charge on any atom is -0.378 e. The molecule has 6 nitrogen and oxygen atoms in total. The molecule has 2 N–H and O–H groups in total. The van der Waals surface area contributed by atoms with Gasteiger partial charge < -0.3 is 15.4 Å². The van der Waals surface area contributed by atoms with Gasteiger partial charge in [0.1, 0.15) is 6.54 Å². The number of ether oxygens (including phenoxy) is 1. The summed E-state index contributed by atoms with van der Waals surface area (Å²) in [5, 5.41) is 10.2. The Labute approximate surface area is 113 Å². The van der Waals surface area contributed by atoms with Gasteiger partial charge in [0, 0.05) is 25.5 Å². The van der Waals surface area contributed by atoms with Crippen LogP contribution in [0.4, 0.5) is 0 Å². The monoisotopic (exact) mass is 266 g/mol. The fourth-order valence-corrected chi connectivity index (χ4v) is 2.11. The average Bonchev–Trinajstić information content (AvgIpc) is 2.92. The van der Waals surface area contributed by atoms with Crippen molar-refractivity contribution < 1.29 is 9.53 Å². The van der Waals surface area contributed by atoms with E-state index in [0.29, 0.717) is 19.3 Å². The van der Waals surface area contributed by atoms with Crippen molar-refractivity contribution in [3.8, 4) is 0 Å². The normalized spacial score (nSPS) is 16.4. The molecule has 0 spiro atoms. The Bertz CT molecular complexity index is 361. The molecule has 0 saturated carbocycles. The van der Waals surface area contributed by atoms with Crippen molar-refractivity contribution in [2.24, 2.45) is 0 Å². The summed E-state index contributed by atoms with van der Waals surface area (Å²) in [6.45, 7) is 3.75. The third-order valence-corrected chi connectivity index (χ3v) is 3.15. The molecule has 1 amide bonds. The molecule has 1 aromatic heterocycles. The Balaban J connectivity index is 1.48. The van der Waals surface area contributed by atoms with Crippen LogP contribution >= 0.6 is 0 Å². The first-order chi connectivity index (χ1) is 9.34. The predicted octanol–water partition coefficient (Wildman–Crippen LogP) is 0.158. The van der Waals surface area contributed by atoms with Gasteiger partial charge in [-0.05, 0) is 38.4 Å². The SMILES string of the molecule is O=C(Cn1cccn1)NCCCOC1CCNCC1. The summed E-state index contributed by atoms with van der Waals surface area (Å²) >= 11 is 0. The smallest absolute Gasteiger partial charge is 0.241 e. The molecule has 1 aliphatic heterocycles. The Morgan fingerprint density at radius 1 is 1.47 bits per heavy atom. The highest BCUT2D eigenvalue weighted by Gasteiger charge is 2.12. The molecule has 1 fully saturated rings. The lowest BCUT2D eigenvalue weighted by molar-refractivity contribution is -0.121. The zero-order valence-corrected chi connectivity index (χ0v) is 11.2. The van der Waals surface area contributed by atoms with Gasteiger partial charge in [0.25, 0.3) is 0 Å². The van der Waals surface area contributed by atoms with Crippen molar-refractivity contribution in [2.45, 2.75) is 31.9 Å². The fraction of sp³-hybridized carbons (Fsp3) is 0.692. The number of hydrogen-bond acceptors (Lipinski definition) is 4. The molecule has 1 aromatic rings. The van der Waals surface area contributed by atoms with Crippen LogP contribution in [0.1, 0.15) is 19.3 Å². The van der Waals surface area contributed by atoms with Gasteiger partial charge >= 0.3 is 0 Å². The van der Waals surface area contributed by atoms with Crippen LogP contribution in [-0.4, -0.2) is 48.0 Å². The number of carbonyl (C=O) groups excluding carboxylic acids is 1. The van der Waals surface area contributed by atoms with E-state index in [9.17, 15) is 4.79 Å². The predicted molar refractivity (Wildman–Crippen MR) is 71.7 cm³/mol. The summed E-state index contributed by atoms with van der Waals surface area (Å²) in [5.74, 6) is -0.00873. The molecule has 19 heavy (non-hydrogen) atoms. The summed E-state index contributed by atoms with van der Waals surface area (Å²) in [6.07, 6.45) is 6.87. The van der Waals surface area contributed by atoms with E-state index in [-0.39, 0.29) is 12.5 Å². The number of amides is 1. The van der Waals surface area contributed by atoms with Crippen LogP contribution in [-0.2, 0) is 16.1 Å². The number of nitrogens with zero attached hydrogens (tertiary/aromatic N) is 2. The van der Waals surface area contributed by atoms with Gasteiger partial charge in [-0.1, -0.05) is 0 Å². The van der Waals surface area contributed by atoms with Crippen LogP contribution in [0.25, 0.3) is 0 Å². The summed E-state index contributed by atoms with van der Waals surface area (Å²) in [5.41, 5.74) is 0. The molecule has 0 aliphatic carbocycles. The Morgan fingerprint density at radius 3 is 3.05 bits per heavy atom. The maximum Gasteiger partial charge on any atom is 0.241 e. The van der Waals surface area contributed by atoms with Crippen molar-refractivity contribution in [3.63, 3.8) is 0 Å². The van der Waals surface area contributed by atoms with Gasteiger partial charge in [0.05, 0.1) is 6.10 Å². The largest absolute Gasteiger partial charge is 0.378 e. The van der Waals surface area contributed by atoms with Gasteiger partial charge in [0.2, 0.25) is 5.91 Å². The fourth-order valence-electron chi connectivity index (χ4n) is 2.11. The highest BCUT2D eigenvalue weighted by molar-refractivity contribution is 5.75. The molecule has 0 atom stereocenters. The molecule has 0 bridgehead atoms. The summed E-state index contributed by atoms with van der Waals surface area (Å²) < 4.78 is 7.37. The standard InChI is InChI=1S/C13H22N4O2/c18-13(11-17-9-1-6-16-17)15-5-2-10-19-12-3-7-14-8-4-12/h1,6,9,12,14H,2-5,7-8,10-11H2,(H,15,18). The van der Waals surface area contributed by atoms with E-state index in [1.165, 1.54) is 0 Å². The van der Waals surface area contributed by atoms with Crippen molar-refractivity contribution in [1.82, 2.24) is 20.4 Å². The van der Waals surface area contributed by atoms with Crippen LogP contribution in [0.2, 0.25) is 0 Å². The van der Waals surface area contributed by atoms with Crippen LogP contribution in [0.5, 0.6) is 0 Å². The molecule has 0 radical (unpaired) electrons. The Morgan fingerprint density at radius 2 is 2.32 bits per heavy atom. The third kappa shape index (κ3) is 5.40.